The van der Waals surface area contributed by atoms with Crippen molar-refractivity contribution < 1.29 is 19.1 Å². The van der Waals surface area contributed by atoms with Gasteiger partial charge in [-0.25, -0.2) is 0 Å². The number of carbonyl (C=O) groups is 2. The molecule has 4 atom stereocenters. The molecule has 2 fully saturated rings. The Morgan fingerprint density at radius 2 is 1.65 bits per heavy atom. The molecule has 5 heteroatoms. The maximum Gasteiger partial charge on any atom is 0.311 e. The molecule has 0 unspecified atom stereocenters. The molecule has 2 heterocycles. The van der Waals surface area contributed by atoms with Crippen molar-refractivity contribution in [3.63, 3.8) is 0 Å². The minimum atomic E-state index is -0.435. The van der Waals surface area contributed by atoms with Gasteiger partial charge in [0, 0.05) is 12.1 Å². The molecule has 20 heavy (non-hydrogen) atoms. The lowest BCUT2D eigenvalue weighted by molar-refractivity contribution is -0.157. The first-order valence-corrected chi connectivity index (χ1v) is 7.26. The zero-order chi connectivity index (χ0) is 15.1. The van der Waals surface area contributed by atoms with E-state index in [-0.39, 0.29) is 29.4 Å². The van der Waals surface area contributed by atoms with Crippen LogP contribution in [0.3, 0.4) is 0 Å². The number of carbonyl (C=O) groups excluding carboxylic acids is 2. The number of nitrogens with zero attached hydrogens (tertiary/aromatic N) is 1. The van der Waals surface area contributed by atoms with Gasteiger partial charge in [-0.1, -0.05) is 13.8 Å². The summed E-state index contributed by atoms with van der Waals surface area (Å²) in [5, 5.41) is 0. The fourth-order valence-corrected chi connectivity index (χ4v) is 4.20. The second-order valence-corrected chi connectivity index (χ2v) is 6.61. The lowest BCUT2D eigenvalue weighted by Gasteiger charge is -2.45. The third-order valence-corrected chi connectivity index (χ3v) is 5.11. The highest BCUT2D eigenvalue weighted by Crippen LogP contribution is 2.49. The van der Waals surface area contributed by atoms with E-state index in [4.69, 9.17) is 9.47 Å². The molecule has 0 amide bonds. The van der Waals surface area contributed by atoms with Crippen molar-refractivity contribution in [2.24, 2.45) is 17.3 Å². The van der Waals surface area contributed by atoms with E-state index < -0.39 is 11.8 Å². The molecule has 0 N–H and O–H groups in total. The van der Waals surface area contributed by atoms with Crippen LogP contribution in [0.1, 0.15) is 33.6 Å². The van der Waals surface area contributed by atoms with Crippen LogP contribution in [0.4, 0.5) is 0 Å². The lowest BCUT2D eigenvalue weighted by atomic mass is 9.71. The van der Waals surface area contributed by atoms with Crippen molar-refractivity contribution in [3.05, 3.63) is 0 Å². The summed E-state index contributed by atoms with van der Waals surface area (Å²) in [6.07, 6.45) is 2.15. The Hall–Kier alpha value is -1.10. The summed E-state index contributed by atoms with van der Waals surface area (Å²) in [7, 11) is 2.77. The first kappa shape index (κ1) is 15.3. The minimum absolute atomic E-state index is 0.00582. The molecule has 2 aliphatic heterocycles. The average molecular weight is 283 g/mol. The number of hydrogen-bond acceptors (Lipinski definition) is 5. The number of piperidine rings is 1. The molecule has 2 saturated heterocycles. The normalized spacial score (nSPS) is 36.2. The van der Waals surface area contributed by atoms with Crippen molar-refractivity contribution in [1.82, 2.24) is 4.90 Å². The number of ether oxygens (including phenoxy) is 2. The third-order valence-electron chi connectivity index (χ3n) is 5.11. The van der Waals surface area contributed by atoms with Gasteiger partial charge < -0.3 is 9.47 Å². The average Bonchev–Trinajstić information content (AvgIpc) is 2.72. The van der Waals surface area contributed by atoms with Gasteiger partial charge in [0.1, 0.15) is 0 Å². The molecule has 2 rings (SSSR count). The van der Waals surface area contributed by atoms with Crippen LogP contribution < -0.4 is 0 Å². The quantitative estimate of drug-likeness (QED) is 0.718. The Kier molecular flexibility index (Phi) is 4.09. The summed E-state index contributed by atoms with van der Waals surface area (Å²) >= 11 is 0. The van der Waals surface area contributed by atoms with E-state index in [0.29, 0.717) is 0 Å². The van der Waals surface area contributed by atoms with Crippen molar-refractivity contribution in [3.8, 4) is 0 Å². The van der Waals surface area contributed by atoms with Crippen LogP contribution in [0.15, 0.2) is 0 Å². The Morgan fingerprint density at radius 1 is 1.10 bits per heavy atom. The third kappa shape index (κ3) is 2.22. The smallest absolute Gasteiger partial charge is 0.311 e. The van der Waals surface area contributed by atoms with Gasteiger partial charge in [0.2, 0.25) is 0 Å². The number of fused-ring (bicyclic) bond motifs is 1. The van der Waals surface area contributed by atoms with E-state index in [0.717, 1.165) is 19.4 Å². The zero-order valence-electron chi connectivity index (χ0n) is 13.0. The highest BCUT2D eigenvalue weighted by molar-refractivity contribution is 5.84. The van der Waals surface area contributed by atoms with Crippen molar-refractivity contribution >= 4 is 11.9 Å². The van der Waals surface area contributed by atoms with E-state index in [2.05, 4.69) is 18.7 Å². The maximum absolute atomic E-state index is 12.3. The van der Waals surface area contributed by atoms with E-state index >= 15 is 0 Å². The van der Waals surface area contributed by atoms with Gasteiger partial charge in [-0.2, -0.15) is 0 Å². The van der Waals surface area contributed by atoms with Gasteiger partial charge in [0.15, 0.2) is 0 Å². The molecule has 0 aromatic carbocycles. The molecule has 0 aliphatic carbocycles. The fourth-order valence-electron chi connectivity index (χ4n) is 4.20. The van der Waals surface area contributed by atoms with Gasteiger partial charge in [0.05, 0.1) is 26.1 Å². The Bertz CT molecular complexity index is 407. The maximum atomic E-state index is 12.3. The van der Waals surface area contributed by atoms with Crippen molar-refractivity contribution in [2.75, 3.05) is 20.8 Å². The van der Waals surface area contributed by atoms with Gasteiger partial charge in [-0.3, -0.25) is 14.5 Å². The Morgan fingerprint density at radius 3 is 2.20 bits per heavy atom. The van der Waals surface area contributed by atoms with Gasteiger partial charge in [-0.05, 0) is 31.7 Å². The van der Waals surface area contributed by atoms with Gasteiger partial charge in [0.25, 0.3) is 0 Å². The number of rotatable bonds is 2. The van der Waals surface area contributed by atoms with Crippen LogP contribution in [-0.4, -0.2) is 49.7 Å². The van der Waals surface area contributed by atoms with Crippen LogP contribution in [0.2, 0.25) is 0 Å². The van der Waals surface area contributed by atoms with E-state index in [9.17, 15) is 9.59 Å². The van der Waals surface area contributed by atoms with E-state index in [1.54, 1.807) is 0 Å². The molecule has 5 nitrogen and oxygen atoms in total. The highest BCUT2D eigenvalue weighted by Gasteiger charge is 2.59. The summed E-state index contributed by atoms with van der Waals surface area (Å²) < 4.78 is 9.91. The summed E-state index contributed by atoms with van der Waals surface area (Å²) in [6.45, 7) is 7.29. The summed E-state index contributed by atoms with van der Waals surface area (Å²) in [5.74, 6) is -1.47. The zero-order valence-corrected chi connectivity index (χ0v) is 13.0. The van der Waals surface area contributed by atoms with Crippen LogP contribution in [-0.2, 0) is 19.1 Å². The number of methoxy groups -OCH3 is 2. The fraction of sp³-hybridized carbons (Fsp3) is 0.867. The molecular weight excluding hydrogens is 258 g/mol. The largest absolute Gasteiger partial charge is 0.469 e. The number of esters is 2. The van der Waals surface area contributed by atoms with E-state index in [1.807, 2.05) is 6.92 Å². The minimum Gasteiger partial charge on any atom is -0.469 e. The lowest BCUT2D eigenvalue weighted by Crippen LogP contribution is -2.51. The summed E-state index contributed by atoms with van der Waals surface area (Å²) in [6, 6.07) is 0.0546. The molecule has 114 valence electrons. The highest BCUT2D eigenvalue weighted by atomic mass is 16.5. The predicted octanol–water partition coefficient (Wildman–Crippen LogP) is 1.46. The first-order chi connectivity index (χ1) is 9.35. The second-order valence-electron chi connectivity index (χ2n) is 6.61. The summed E-state index contributed by atoms with van der Waals surface area (Å²) in [4.78, 5) is 26.7. The molecule has 0 saturated carbocycles. The second kappa shape index (κ2) is 5.35. The van der Waals surface area contributed by atoms with Crippen LogP contribution in [0, 0.1) is 17.3 Å². The molecule has 0 bridgehead atoms. The van der Waals surface area contributed by atoms with Crippen molar-refractivity contribution in [2.45, 2.75) is 45.7 Å². The summed E-state index contributed by atoms with van der Waals surface area (Å²) in [5.41, 5.74) is -0.00582. The standard InChI is InChI=1S/C15H25NO4/c1-9-10(13(17)19-4)11(14(18)20-5)12-15(2,3)7-6-8-16(9)12/h9-12H,6-8H2,1-5H3/t9-,10+,11+,12+/m1/s1. The van der Waals surface area contributed by atoms with Gasteiger partial charge >= 0.3 is 11.9 Å². The Balaban J connectivity index is 2.43. The van der Waals surface area contributed by atoms with Crippen LogP contribution in [0.25, 0.3) is 0 Å². The molecular formula is C15H25NO4. The molecule has 0 aromatic heterocycles. The van der Waals surface area contributed by atoms with E-state index in [1.165, 1.54) is 14.2 Å². The number of hydrogen-bond donors (Lipinski definition) is 0. The predicted molar refractivity (Wildman–Crippen MR) is 74.0 cm³/mol. The molecule has 2 aliphatic rings. The molecule has 0 aromatic rings. The molecule has 0 spiro atoms. The van der Waals surface area contributed by atoms with Crippen molar-refractivity contribution in [1.29, 1.82) is 0 Å². The SMILES string of the molecule is COC(=O)[C@@H]1[C@H](C(=O)OC)[C@@H]2N(CCCC2(C)C)[C@@H]1C. The van der Waals surface area contributed by atoms with Crippen LogP contribution >= 0.6 is 0 Å². The van der Waals surface area contributed by atoms with Crippen LogP contribution in [0.5, 0.6) is 0 Å². The molecule has 0 radical (unpaired) electrons. The monoisotopic (exact) mass is 283 g/mol. The topological polar surface area (TPSA) is 55.8 Å². The van der Waals surface area contributed by atoms with Gasteiger partial charge in [-0.15, -0.1) is 0 Å². The Labute approximate surface area is 120 Å². The first-order valence-electron chi connectivity index (χ1n) is 7.26.